The minimum atomic E-state index is -0.185. The van der Waals surface area contributed by atoms with E-state index in [1.165, 1.54) is 0 Å². The topological polar surface area (TPSA) is 26.3 Å². The highest BCUT2D eigenvalue weighted by Crippen LogP contribution is 2.25. The lowest BCUT2D eigenvalue weighted by molar-refractivity contribution is -0.149. The molecule has 0 amide bonds. The molecule has 0 spiro atoms. The Labute approximate surface area is 160 Å². The van der Waals surface area contributed by atoms with Crippen LogP contribution in [0.1, 0.15) is 44.3 Å². The molecule has 0 saturated carbocycles. The summed E-state index contributed by atoms with van der Waals surface area (Å²) in [4.78, 5) is 11.4. The van der Waals surface area contributed by atoms with Gasteiger partial charge in [0.25, 0.3) is 0 Å². The highest BCUT2D eigenvalue weighted by molar-refractivity contribution is 6.30. The molecule has 0 unspecified atom stereocenters. The number of esters is 1. The van der Waals surface area contributed by atoms with Crippen LogP contribution in [0.15, 0.2) is 67.3 Å². The van der Waals surface area contributed by atoms with Crippen molar-refractivity contribution in [1.82, 2.24) is 0 Å². The van der Waals surface area contributed by atoms with E-state index in [9.17, 15) is 4.79 Å². The molecule has 0 aliphatic heterocycles. The normalized spacial score (nSPS) is 11.0. The second-order valence-corrected chi connectivity index (χ2v) is 6.27. The van der Waals surface area contributed by atoms with Gasteiger partial charge in [0.2, 0.25) is 0 Å². The molecular formula is C21H24Cl2O2. The molecule has 1 atom stereocenters. The summed E-state index contributed by atoms with van der Waals surface area (Å²) in [5, 5.41) is 1.48. The predicted molar refractivity (Wildman–Crippen MR) is 106 cm³/mol. The summed E-state index contributed by atoms with van der Waals surface area (Å²) in [5.74, 6) is -0.173. The Morgan fingerprint density at radius 1 is 1.08 bits per heavy atom. The van der Waals surface area contributed by atoms with E-state index in [4.69, 9.17) is 27.9 Å². The largest absolute Gasteiger partial charge is 0.457 e. The zero-order valence-electron chi connectivity index (χ0n) is 14.5. The van der Waals surface area contributed by atoms with Crippen LogP contribution in [0.25, 0.3) is 0 Å². The molecule has 0 aliphatic carbocycles. The second-order valence-electron chi connectivity index (χ2n) is 5.40. The SMILES string of the molecule is C=CCCC[C@@H](OC(=O)CC)c1ccc(Cl)cc1.Clc1ccccc1. The van der Waals surface area contributed by atoms with Gasteiger partial charge < -0.3 is 4.74 Å². The van der Waals surface area contributed by atoms with E-state index in [2.05, 4.69) is 6.58 Å². The Hall–Kier alpha value is -1.77. The first-order valence-corrected chi connectivity index (χ1v) is 9.08. The van der Waals surface area contributed by atoms with Crippen LogP contribution in [0.2, 0.25) is 10.0 Å². The van der Waals surface area contributed by atoms with Gasteiger partial charge in [-0.3, -0.25) is 4.79 Å². The molecule has 0 heterocycles. The number of hydrogen-bond acceptors (Lipinski definition) is 2. The second kappa shape index (κ2) is 12.6. The van der Waals surface area contributed by atoms with Crippen molar-refractivity contribution in [2.24, 2.45) is 0 Å². The van der Waals surface area contributed by atoms with Crippen molar-refractivity contribution in [1.29, 1.82) is 0 Å². The third-order valence-corrected chi connectivity index (χ3v) is 3.92. The van der Waals surface area contributed by atoms with Crippen molar-refractivity contribution < 1.29 is 9.53 Å². The van der Waals surface area contributed by atoms with E-state index >= 15 is 0 Å². The van der Waals surface area contributed by atoms with Gasteiger partial charge in [0.1, 0.15) is 6.10 Å². The van der Waals surface area contributed by atoms with Gasteiger partial charge in [0.15, 0.2) is 0 Å². The molecule has 2 nitrogen and oxygen atoms in total. The van der Waals surface area contributed by atoms with Gasteiger partial charge in [-0.2, -0.15) is 0 Å². The lowest BCUT2D eigenvalue weighted by Crippen LogP contribution is -2.10. The maximum absolute atomic E-state index is 11.4. The lowest BCUT2D eigenvalue weighted by atomic mass is 10.0. The van der Waals surface area contributed by atoms with Gasteiger partial charge in [0.05, 0.1) is 0 Å². The zero-order valence-corrected chi connectivity index (χ0v) is 16.0. The number of allylic oxidation sites excluding steroid dienone is 1. The Morgan fingerprint density at radius 3 is 2.16 bits per heavy atom. The number of ether oxygens (including phenoxy) is 1. The molecule has 0 radical (unpaired) electrons. The molecule has 0 fully saturated rings. The van der Waals surface area contributed by atoms with Gasteiger partial charge in [0, 0.05) is 16.5 Å². The Kier molecular flexibility index (Phi) is 10.7. The fourth-order valence-corrected chi connectivity index (χ4v) is 2.35. The number of carbonyl (C=O) groups excluding carboxylic acids is 1. The highest BCUT2D eigenvalue weighted by atomic mass is 35.5. The fourth-order valence-electron chi connectivity index (χ4n) is 2.08. The lowest BCUT2D eigenvalue weighted by Gasteiger charge is -2.18. The van der Waals surface area contributed by atoms with Crippen molar-refractivity contribution in [3.8, 4) is 0 Å². The van der Waals surface area contributed by atoms with Gasteiger partial charge in [-0.15, -0.1) is 6.58 Å². The van der Waals surface area contributed by atoms with Crippen LogP contribution >= 0.6 is 23.2 Å². The van der Waals surface area contributed by atoms with Crippen molar-refractivity contribution in [3.05, 3.63) is 82.9 Å². The third kappa shape index (κ3) is 9.33. The van der Waals surface area contributed by atoms with Gasteiger partial charge in [-0.1, -0.05) is 66.5 Å². The molecule has 0 aromatic heterocycles. The average Bonchev–Trinajstić information content (AvgIpc) is 2.63. The number of unbranched alkanes of at least 4 members (excludes halogenated alkanes) is 1. The van der Waals surface area contributed by atoms with Crippen molar-refractivity contribution >= 4 is 29.2 Å². The Balaban J connectivity index is 0.000000370. The van der Waals surface area contributed by atoms with Crippen LogP contribution in [-0.2, 0) is 9.53 Å². The van der Waals surface area contributed by atoms with E-state index in [1.807, 2.05) is 60.7 Å². The van der Waals surface area contributed by atoms with E-state index < -0.39 is 0 Å². The number of benzene rings is 2. The van der Waals surface area contributed by atoms with Gasteiger partial charge in [-0.25, -0.2) is 0 Å². The molecule has 4 heteroatoms. The first-order chi connectivity index (χ1) is 12.1. The van der Waals surface area contributed by atoms with Crippen LogP contribution in [0.3, 0.4) is 0 Å². The Morgan fingerprint density at radius 2 is 1.68 bits per heavy atom. The Bertz CT molecular complexity index is 624. The molecule has 2 aromatic rings. The monoisotopic (exact) mass is 378 g/mol. The summed E-state index contributed by atoms with van der Waals surface area (Å²) < 4.78 is 5.46. The first-order valence-electron chi connectivity index (χ1n) is 8.33. The van der Waals surface area contributed by atoms with Gasteiger partial charge >= 0.3 is 5.97 Å². The van der Waals surface area contributed by atoms with E-state index in [-0.39, 0.29) is 12.1 Å². The maximum atomic E-state index is 11.4. The molecule has 0 bridgehead atoms. The molecule has 2 aromatic carbocycles. The summed E-state index contributed by atoms with van der Waals surface area (Å²) in [5.41, 5.74) is 0.991. The minimum Gasteiger partial charge on any atom is -0.457 e. The van der Waals surface area contributed by atoms with Gasteiger partial charge in [-0.05, 0) is 49.1 Å². The maximum Gasteiger partial charge on any atom is 0.306 e. The summed E-state index contributed by atoms with van der Waals surface area (Å²) in [6.45, 7) is 5.49. The van der Waals surface area contributed by atoms with Crippen molar-refractivity contribution in [2.75, 3.05) is 0 Å². The minimum absolute atomic E-state index is 0.173. The average molecular weight is 379 g/mol. The molecule has 0 N–H and O–H groups in total. The van der Waals surface area contributed by atoms with E-state index in [0.29, 0.717) is 11.4 Å². The summed E-state index contributed by atoms with van der Waals surface area (Å²) in [6.07, 6.45) is 4.77. The van der Waals surface area contributed by atoms with Crippen molar-refractivity contribution in [2.45, 2.75) is 38.7 Å². The molecule has 0 aliphatic rings. The zero-order chi connectivity index (χ0) is 18.5. The number of halogens is 2. The number of hydrogen-bond donors (Lipinski definition) is 0. The smallest absolute Gasteiger partial charge is 0.306 e. The van der Waals surface area contributed by atoms with Crippen LogP contribution in [0.4, 0.5) is 0 Å². The van der Waals surface area contributed by atoms with Crippen molar-refractivity contribution in [3.63, 3.8) is 0 Å². The molecule has 2 rings (SSSR count). The molecule has 0 saturated heterocycles. The summed E-state index contributed by atoms with van der Waals surface area (Å²) in [6, 6.07) is 16.9. The molecule has 25 heavy (non-hydrogen) atoms. The molecular weight excluding hydrogens is 355 g/mol. The first kappa shape index (κ1) is 21.3. The number of rotatable bonds is 7. The van der Waals surface area contributed by atoms with E-state index in [1.54, 1.807) is 6.92 Å². The fraction of sp³-hybridized carbons (Fsp3) is 0.286. The molecule has 134 valence electrons. The van der Waals surface area contributed by atoms with Crippen LogP contribution in [0.5, 0.6) is 0 Å². The summed E-state index contributed by atoms with van der Waals surface area (Å²) in [7, 11) is 0. The number of carbonyl (C=O) groups is 1. The third-order valence-electron chi connectivity index (χ3n) is 3.41. The summed E-state index contributed by atoms with van der Waals surface area (Å²) >= 11 is 11.4. The standard InChI is InChI=1S/C15H19ClO2.C6H5Cl/c1-3-5-6-7-14(18-15(17)4-2)12-8-10-13(16)11-9-12;7-6-4-2-1-3-5-6/h3,8-11,14H,1,4-7H2,2H3;1-5H/t14-;/m1./s1. The van der Waals surface area contributed by atoms with Crippen LogP contribution in [-0.4, -0.2) is 5.97 Å². The van der Waals surface area contributed by atoms with Crippen LogP contribution < -0.4 is 0 Å². The predicted octanol–water partition coefficient (Wildman–Crippen LogP) is 7.03. The quantitative estimate of drug-likeness (QED) is 0.293. The van der Waals surface area contributed by atoms with Crippen LogP contribution in [0, 0.1) is 0 Å². The van der Waals surface area contributed by atoms with E-state index in [0.717, 1.165) is 29.8 Å². The highest BCUT2D eigenvalue weighted by Gasteiger charge is 2.15.